The van der Waals surface area contributed by atoms with E-state index in [0.717, 1.165) is 17.0 Å². The summed E-state index contributed by atoms with van der Waals surface area (Å²) in [6.45, 7) is 2.27. The lowest BCUT2D eigenvalue weighted by Crippen LogP contribution is -2.03. The van der Waals surface area contributed by atoms with Crippen LogP contribution in [0.25, 0.3) is 10.6 Å². The van der Waals surface area contributed by atoms with Gasteiger partial charge in [0, 0.05) is 10.4 Å². The lowest BCUT2D eigenvalue weighted by atomic mass is 9.94. The van der Waals surface area contributed by atoms with E-state index >= 15 is 0 Å². The van der Waals surface area contributed by atoms with Gasteiger partial charge in [0.2, 0.25) is 0 Å². The lowest BCUT2D eigenvalue weighted by Gasteiger charge is -2.15. The van der Waals surface area contributed by atoms with Crippen LogP contribution < -0.4 is 0 Å². The fourth-order valence-electron chi connectivity index (χ4n) is 2.35. The fraction of sp³-hybridized carbons (Fsp3) is 0.357. The molecule has 0 fully saturated rings. The molecule has 0 saturated carbocycles. The van der Waals surface area contributed by atoms with Gasteiger partial charge in [-0.25, -0.2) is 9.37 Å². The maximum atomic E-state index is 12.9. The van der Waals surface area contributed by atoms with Crippen molar-refractivity contribution in [1.82, 2.24) is 4.98 Å². The first kappa shape index (κ1) is 10.9. The Balaban J connectivity index is 2.02. The van der Waals surface area contributed by atoms with Gasteiger partial charge in [-0.05, 0) is 49.4 Å². The van der Waals surface area contributed by atoms with Crippen LogP contribution in [0, 0.1) is 5.82 Å². The van der Waals surface area contributed by atoms with Crippen LogP contribution in [0.3, 0.4) is 0 Å². The average molecular weight is 247 g/mol. The van der Waals surface area contributed by atoms with Gasteiger partial charge in [0.15, 0.2) is 0 Å². The highest BCUT2D eigenvalue weighted by molar-refractivity contribution is 7.15. The summed E-state index contributed by atoms with van der Waals surface area (Å²) < 4.78 is 12.9. The van der Waals surface area contributed by atoms with Gasteiger partial charge in [-0.2, -0.15) is 0 Å². The molecular formula is C14H14FNS. The molecular weight excluding hydrogens is 233 g/mol. The Morgan fingerprint density at radius 3 is 2.76 bits per heavy atom. The van der Waals surface area contributed by atoms with Crippen molar-refractivity contribution in [1.29, 1.82) is 0 Å². The first-order valence-corrected chi connectivity index (χ1v) is 6.81. The zero-order chi connectivity index (χ0) is 11.8. The molecule has 1 aliphatic rings. The largest absolute Gasteiger partial charge is 0.241 e. The van der Waals surface area contributed by atoms with Crippen LogP contribution >= 0.6 is 11.3 Å². The van der Waals surface area contributed by atoms with Gasteiger partial charge in [0.25, 0.3) is 0 Å². The molecule has 88 valence electrons. The maximum Gasteiger partial charge on any atom is 0.123 e. The van der Waals surface area contributed by atoms with Crippen molar-refractivity contribution in [2.75, 3.05) is 0 Å². The Morgan fingerprint density at radius 2 is 2.06 bits per heavy atom. The number of hydrogen-bond acceptors (Lipinski definition) is 2. The standard InChI is InChI=1S/C14H14FNS/c1-9-3-2-4-12-13(9)17-14(16-12)10-5-7-11(15)8-6-10/h5-9H,2-4H2,1H3. The van der Waals surface area contributed by atoms with Crippen LogP contribution in [-0.2, 0) is 6.42 Å². The van der Waals surface area contributed by atoms with Crippen LogP contribution in [0.15, 0.2) is 24.3 Å². The third-order valence-electron chi connectivity index (χ3n) is 3.32. The van der Waals surface area contributed by atoms with Crippen molar-refractivity contribution in [3.05, 3.63) is 40.7 Å². The van der Waals surface area contributed by atoms with E-state index in [1.165, 1.54) is 35.5 Å². The van der Waals surface area contributed by atoms with Crippen LogP contribution in [0.4, 0.5) is 4.39 Å². The zero-order valence-corrected chi connectivity index (χ0v) is 10.6. The van der Waals surface area contributed by atoms with Gasteiger partial charge < -0.3 is 0 Å². The smallest absolute Gasteiger partial charge is 0.123 e. The van der Waals surface area contributed by atoms with Gasteiger partial charge in [-0.1, -0.05) is 6.92 Å². The summed E-state index contributed by atoms with van der Waals surface area (Å²) in [6.07, 6.45) is 3.59. The summed E-state index contributed by atoms with van der Waals surface area (Å²) in [5, 5.41) is 1.03. The van der Waals surface area contributed by atoms with E-state index in [0.29, 0.717) is 5.92 Å². The summed E-state index contributed by atoms with van der Waals surface area (Å²) in [4.78, 5) is 6.12. The highest BCUT2D eigenvalue weighted by Crippen LogP contribution is 2.38. The van der Waals surface area contributed by atoms with Crippen molar-refractivity contribution in [3.8, 4) is 10.6 Å². The van der Waals surface area contributed by atoms with E-state index in [-0.39, 0.29) is 5.82 Å². The lowest BCUT2D eigenvalue weighted by molar-refractivity contribution is 0.593. The second kappa shape index (κ2) is 4.22. The van der Waals surface area contributed by atoms with E-state index in [4.69, 9.17) is 4.98 Å². The minimum atomic E-state index is -0.191. The number of hydrogen-bond donors (Lipinski definition) is 0. The number of nitrogens with zero attached hydrogens (tertiary/aromatic N) is 1. The molecule has 0 radical (unpaired) electrons. The maximum absolute atomic E-state index is 12.9. The molecule has 0 aliphatic heterocycles. The Morgan fingerprint density at radius 1 is 1.29 bits per heavy atom. The Labute approximate surface area is 104 Å². The summed E-state index contributed by atoms with van der Waals surface area (Å²) in [7, 11) is 0. The first-order valence-electron chi connectivity index (χ1n) is 5.99. The van der Waals surface area contributed by atoms with E-state index in [1.54, 1.807) is 11.3 Å². The van der Waals surface area contributed by atoms with Crippen LogP contribution in [0.5, 0.6) is 0 Å². The highest BCUT2D eigenvalue weighted by atomic mass is 32.1. The molecule has 1 atom stereocenters. The number of aryl methyl sites for hydroxylation is 1. The normalized spacial score (nSPS) is 19.1. The molecule has 3 rings (SSSR count). The molecule has 0 amide bonds. The number of aromatic nitrogens is 1. The number of fused-ring (bicyclic) bond motifs is 1. The van der Waals surface area contributed by atoms with Crippen molar-refractivity contribution >= 4 is 11.3 Å². The molecule has 1 nitrogen and oxygen atoms in total. The van der Waals surface area contributed by atoms with Crippen molar-refractivity contribution in [2.24, 2.45) is 0 Å². The fourth-order valence-corrected chi connectivity index (χ4v) is 3.55. The minimum absolute atomic E-state index is 0.191. The molecule has 3 heteroatoms. The number of benzene rings is 1. The molecule has 1 aliphatic carbocycles. The van der Waals surface area contributed by atoms with Crippen molar-refractivity contribution < 1.29 is 4.39 Å². The van der Waals surface area contributed by atoms with Crippen LogP contribution in [-0.4, -0.2) is 4.98 Å². The zero-order valence-electron chi connectivity index (χ0n) is 9.74. The molecule has 1 aromatic heterocycles. The Bertz CT molecular complexity index is 530. The quantitative estimate of drug-likeness (QED) is 0.728. The third-order valence-corrected chi connectivity index (χ3v) is 4.70. The van der Waals surface area contributed by atoms with Gasteiger partial charge in [-0.3, -0.25) is 0 Å². The molecule has 1 heterocycles. The van der Waals surface area contributed by atoms with Crippen LogP contribution in [0.1, 0.15) is 36.3 Å². The Kier molecular flexibility index (Phi) is 2.71. The monoisotopic (exact) mass is 247 g/mol. The SMILES string of the molecule is CC1CCCc2nc(-c3ccc(F)cc3)sc21. The summed E-state index contributed by atoms with van der Waals surface area (Å²) in [5.41, 5.74) is 2.28. The van der Waals surface area contributed by atoms with Gasteiger partial charge in [0.05, 0.1) is 5.69 Å². The second-order valence-electron chi connectivity index (χ2n) is 4.63. The highest BCUT2D eigenvalue weighted by Gasteiger charge is 2.21. The van der Waals surface area contributed by atoms with Gasteiger partial charge in [-0.15, -0.1) is 11.3 Å². The molecule has 0 spiro atoms. The summed E-state index contributed by atoms with van der Waals surface area (Å²) in [5.74, 6) is 0.439. The molecule has 0 bridgehead atoms. The summed E-state index contributed by atoms with van der Waals surface area (Å²) >= 11 is 1.77. The van der Waals surface area contributed by atoms with Crippen molar-refractivity contribution in [2.45, 2.75) is 32.1 Å². The minimum Gasteiger partial charge on any atom is -0.241 e. The number of halogens is 1. The predicted molar refractivity (Wildman–Crippen MR) is 68.9 cm³/mol. The van der Waals surface area contributed by atoms with Crippen LogP contribution in [0.2, 0.25) is 0 Å². The molecule has 1 aromatic carbocycles. The predicted octanol–water partition coefficient (Wildman–Crippen LogP) is 4.39. The summed E-state index contributed by atoms with van der Waals surface area (Å²) in [6, 6.07) is 6.62. The van der Waals surface area contributed by atoms with Gasteiger partial charge in [0.1, 0.15) is 10.8 Å². The molecule has 17 heavy (non-hydrogen) atoms. The molecule has 2 aromatic rings. The van der Waals surface area contributed by atoms with E-state index < -0.39 is 0 Å². The number of thiazole rings is 1. The van der Waals surface area contributed by atoms with E-state index in [2.05, 4.69) is 6.92 Å². The average Bonchev–Trinajstić information content (AvgIpc) is 2.75. The van der Waals surface area contributed by atoms with Gasteiger partial charge >= 0.3 is 0 Å². The third kappa shape index (κ3) is 2.00. The first-order chi connectivity index (χ1) is 8.24. The Hall–Kier alpha value is -1.22. The second-order valence-corrected chi connectivity index (χ2v) is 5.66. The number of rotatable bonds is 1. The van der Waals surface area contributed by atoms with E-state index in [1.807, 2.05) is 12.1 Å². The molecule has 0 N–H and O–H groups in total. The topological polar surface area (TPSA) is 12.9 Å². The molecule has 0 saturated heterocycles. The molecule has 1 unspecified atom stereocenters. The van der Waals surface area contributed by atoms with Crippen molar-refractivity contribution in [3.63, 3.8) is 0 Å². The van der Waals surface area contributed by atoms with E-state index in [9.17, 15) is 4.39 Å².